The van der Waals surface area contributed by atoms with Gasteiger partial charge in [-0.3, -0.25) is 9.69 Å². The first-order valence-electron chi connectivity index (χ1n) is 9.38. The summed E-state index contributed by atoms with van der Waals surface area (Å²) in [5.41, 5.74) is 2.69. The van der Waals surface area contributed by atoms with E-state index < -0.39 is 12.1 Å². The lowest BCUT2D eigenvalue weighted by Crippen LogP contribution is -2.41. The first kappa shape index (κ1) is 20.2. The molecule has 1 aliphatic heterocycles. The number of benzene rings is 2. The molecule has 1 atom stereocenters. The second-order valence-electron chi connectivity index (χ2n) is 6.42. The normalized spacial score (nSPS) is 15.1. The molecule has 0 fully saturated rings. The van der Waals surface area contributed by atoms with E-state index in [1.807, 2.05) is 65.7 Å². The molecule has 1 heterocycles. The zero-order chi connectivity index (χ0) is 20.8. The lowest BCUT2D eigenvalue weighted by Gasteiger charge is -2.40. The van der Waals surface area contributed by atoms with E-state index in [0.29, 0.717) is 12.4 Å². The van der Waals surface area contributed by atoms with Crippen molar-refractivity contribution in [2.45, 2.75) is 20.0 Å². The van der Waals surface area contributed by atoms with E-state index >= 15 is 0 Å². The smallest absolute Gasteiger partial charge is 0.332 e. The standard InChI is InChI=1S/C23H24N2O4/c1-4-29-22(27)14-16-24-15-13-18-7-5-6-8-21(18)23(24)25(17(2)26)19-9-11-20(28-3)12-10-19/h5-16,23H,4H2,1-3H3/b16-14+. The maximum Gasteiger partial charge on any atom is 0.332 e. The van der Waals surface area contributed by atoms with Crippen molar-refractivity contribution >= 4 is 23.6 Å². The summed E-state index contributed by atoms with van der Waals surface area (Å²) in [5.74, 6) is 0.150. The minimum Gasteiger partial charge on any atom is -0.497 e. The van der Waals surface area contributed by atoms with E-state index in [2.05, 4.69) is 0 Å². The van der Waals surface area contributed by atoms with Gasteiger partial charge in [0.05, 0.1) is 13.7 Å². The summed E-state index contributed by atoms with van der Waals surface area (Å²) in [7, 11) is 1.60. The Morgan fingerprint density at radius 2 is 1.86 bits per heavy atom. The van der Waals surface area contributed by atoms with Crippen molar-refractivity contribution in [2.24, 2.45) is 0 Å². The maximum absolute atomic E-state index is 12.7. The third-order valence-corrected chi connectivity index (χ3v) is 4.59. The van der Waals surface area contributed by atoms with E-state index in [1.165, 1.54) is 13.0 Å². The predicted molar refractivity (Wildman–Crippen MR) is 112 cm³/mol. The van der Waals surface area contributed by atoms with Crippen molar-refractivity contribution in [3.63, 3.8) is 0 Å². The molecule has 0 saturated heterocycles. The molecule has 29 heavy (non-hydrogen) atoms. The zero-order valence-corrected chi connectivity index (χ0v) is 16.7. The van der Waals surface area contributed by atoms with Crippen molar-refractivity contribution in [1.29, 1.82) is 0 Å². The molecule has 1 unspecified atom stereocenters. The third-order valence-electron chi connectivity index (χ3n) is 4.59. The summed E-state index contributed by atoms with van der Waals surface area (Å²) in [6, 6.07) is 15.2. The fourth-order valence-corrected chi connectivity index (χ4v) is 3.29. The van der Waals surface area contributed by atoms with Gasteiger partial charge in [0.1, 0.15) is 11.9 Å². The van der Waals surface area contributed by atoms with Crippen LogP contribution in [0.5, 0.6) is 5.75 Å². The van der Waals surface area contributed by atoms with Crippen LogP contribution in [-0.2, 0) is 14.3 Å². The average molecular weight is 392 g/mol. The molecule has 0 aromatic heterocycles. The molecule has 2 aromatic rings. The van der Waals surface area contributed by atoms with E-state index in [9.17, 15) is 9.59 Å². The predicted octanol–water partition coefficient (Wildman–Crippen LogP) is 4.11. The molecular formula is C23H24N2O4. The fourth-order valence-electron chi connectivity index (χ4n) is 3.29. The number of amides is 1. The highest BCUT2D eigenvalue weighted by molar-refractivity contribution is 5.93. The minimum atomic E-state index is -0.451. The second-order valence-corrected chi connectivity index (χ2v) is 6.42. The number of rotatable bonds is 6. The maximum atomic E-state index is 12.7. The molecule has 2 aromatic carbocycles. The van der Waals surface area contributed by atoms with Crippen LogP contribution in [-0.4, -0.2) is 30.5 Å². The average Bonchev–Trinajstić information content (AvgIpc) is 2.73. The van der Waals surface area contributed by atoms with Crippen LogP contribution in [0.4, 0.5) is 5.69 Å². The monoisotopic (exact) mass is 392 g/mol. The molecule has 6 heteroatoms. The summed E-state index contributed by atoms with van der Waals surface area (Å²) in [4.78, 5) is 28.1. The van der Waals surface area contributed by atoms with Gasteiger partial charge in [0.15, 0.2) is 0 Å². The second kappa shape index (κ2) is 9.10. The lowest BCUT2D eigenvalue weighted by atomic mass is 9.99. The van der Waals surface area contributed by atoms with E-state index in [1.54, 1.807) is 25.1 Å². The molecule has 0 N–H and O–H groups in total. The molecule has 3 rings (SSSR count). The fraction of sp³-hybridized carbons (Fsp3) is 0.217. The Kier molecular flexibility index (Phi) is 6.34. The first-order valence-corrected chi connectivity index (χ1v) is 9.38. The van der Waals surface area contributed by atoms with Crippen LogP contribution >= 0.6 is 0 Å². The van der Waals surface area contributed by atoms with Crippen molar-refractivity contribution < 1.29 is 19.1 Å². The van der Waals surface area contributed by atoms with Gasteiger partial charge in [-0.05, 0) is 42.8 Å². The number of methoxy groups -OCH3 is 1. The number of carbonyl (C=O) groups excluding carboxylic acids is 2. The van der Waals surface area contributed by atoms with Crippen molar-refractivity contribution in [3.8, 4) is 5.75 Å². The van der Waals surface area contributed by atoms with Gasteiger partial charge in [-0.25, -0.2) is 4.79 Å². The Bertz CT molecular complexity index is 934. The summed E-state index contributed by atoms with van der Waals surface area (Å²) in [6.45, 7) is 3.59. The van der Waals surface area contributed by atoms with Crippen LogP contribution in [0.1, 0.15) is 31.1 Å². The molecule has 6 nitrogen and oxygen atoms in total. The number of anilines is 1. The molecule has 0 bridgehead atoms. The molecule has 150 valence electrons. The van der Waals surface area contributed by atoms with Gasteiger partial charge < -0.3 is 14.4 Å². The number of ether oxygens (including phenoxy) is 2. The Morgan fingerprint density at radius 3 is 2.52 bits per heavy atom. The van der Waals surface area contributed by atoms with Gasteiger partial charge in [-0.2, -0.15) is 0 Å². The number of nitrogens with zero attached hydrogens (tertiary/aromatic N) is 2. The zero-order valence-electron chi connectivity index (χ0n) is 16.7. The summed E-state index contributed by atoms with van der Waals surface area (Å²) in [6.07, 6.45) is 6.35. The van der Waals surface area contributed by atoms with Gasteiger partial charge >= 0.3 is 5.97 Å². The summed E-state index contributed by atoms with van der Waals surface area (Å²) >= 11 is 0. The van der Waals surface area contributed by atoms with E-state index in [0.717, 1.165) is 16.8 Å². The van der Waals surface area contributed by atoms with Crippen LogP contribution in [0.15, 0.2) is 67.0 Å². The Labute approximate surface area is 170 Å². The van der Waals surface area contributed by atoms with Gasteiger partial charge in [-0.15, -0.1) is 0 Å². The molecule has 1 amide bonds. The summed E-state index contributed by atoms with van der Waals surface area (Å²) in [5, 5.41) is 0. The quantitative estimate of drug-likeness (QED) is 0.547. The Hall–Kier alpha value is -3.54. The number of hydrogen-bond donors (Lipinski definition) is 0. The van der Waals surface area contributed by atoms with Gasteiger partial charge in [-0.1, -0.05) is 24.3 Å². The van der Waals surface area contributed by atoms with Crippen LogP contribution in [0.25, 0.3) is 6.08 Å². The van der Waals surface area contributed by atoms with Crippen LogP contribution < -0.4 is 9.64 Å². The highest BCUT2D eigenvalue weighted by Gasteiger charge is 2.31. The molecule has 0 radical (unpaired) electrons. The topological polar surface area (TPSA) is 59.1 Å². The molecule has 1 aliphatic rings. The van der Waals surface area contributed by atoms with Crippen molar-refractivity contribution in [2.75, 3.05) is 18.6 Å². The first-order chi connectivity index (χ1) is 14.0. The summed E-state index contributed by atoms with van der Waals surface area (Å²) < 4.78 is 10.2. The molecule has 0 aliphatic carbocycles. The number of fused-ring (bicyclic) bond motifs is 1. The van der Waals surface area contributed by atoms with E-state index in [-0.39, 0.29) is 5.91 Å². The molecule has 0 spiro atoms. The van der Waals surface area contributed by atoms with Crippen molar-refractivity contribution in [3.05, 3.63) is 78.1 Å². The highest BCUT2D eigenvalue weighted by atomic mass is 16.5. The number of esters is 1. The van der Waals surface area contributed by atoms with Crippen molar-refractivity contribution in [1.82, 2.24) is 4.90 Å². The molecule has 0 saturated carbocycles. The Morgan fingerprint density at radius 1 is 1.14 bits per heavy atom. The van der Waals surface area contributed by atoms with Crippen LogP contribution in [0.3, 0.4) is 0 Å². The van der Waals surface area contributed by atoms with Crippen LogP contribution in [0.2, 0.25) is 0 Å². The number of hydrogen-bond acceptors (Lipinski definition) is 5. The SMILES string of the molecule is CCOC(=O)/C=C/N1C=Cc2ccccc2C1N(C(C)=O)c1ccc(OC)cc1. The van der Waals surface area contributed by atoms with E-state index in [4.69, 9.17) is 9.47 Å². The number of carbonyl (C=O) groups is 2. The third kappa shape index (κ3) is 4.48. The van der Waals surface area contributed by atoms with Gasteiger partial charge in [0, 0.05) is 36.7 Å². The lowest BCUT2D eigenvalue weighted by molar-refractivity contribution is -0.137. The molecular weight excluding hydrogens is 368 g/mol. The van der Waals surface area contributed by atoms with Gasteiger partial charge in [0.2, 0.25) is 5.91 Å². The highest BCUT2D eigenvalue weighted by Crippen LogP contribution is 2.37. The Balaban J connectivity index is 2.05. The largest absolute Gasteiger partial charge is 0.497 e. The van der Waals surface area contributed by atoms with Gasteiger partial charge in [0.25, 0.3) is 0 Å². The minimum absolute atomic E-state index is 0.125. The van der Waals surface area contributed by atoms with Crippen LogP contribution in [0, 0.1) is 0 Å².